The lowest BCUT2D eigenvalue weighted by atomic mass is 9.77. The van der Waals surface area contributed by atoms with Crippen LogP contribution in [0, 0.1) is 0 Å². The molecule has 2 aromatic carbocycles. The molecule has 0 saturated carbocycles. The smallest absolute Gasteiger partial charge is 0.461 e. The predicted octanol–water partition coefficient (Wildman–Crippen LogP) is 2.10. The van der Waals surface area contributed by atoms with Crippen molar-refractivity contribution >= 4 is 24.0 Å². The highest BCUT2D eigenvalue weighted by Crippen LogP contribution is 2.20. The molecule has 1 aromatic heterocycles. The zero-order valence-corrected chi connectivity index (χ0v) is 13.8. The van der Waals surface area contributed by atoms with Crippen molar-refractivity contribution in [1.82, 2.24) is 5.32 Å². The Labute approximate surface area is 146 Å². The highest BCUT2D eigenvalue weighted by atomic mass is 16.4. The average molecular weight is 337 g/mol. The molecule has 0 aliphatic carbocycles. The van der Waals surface area contributed by atoms with Crippen molar-refractivity contribution in [1.29, 1.82) is 0 Å². The number of benzene rings is 2. The fraction of sp³-hybridized carbons (Fsp3) is 0.211. The fourth-order valence-electron chi connectivity index (χ4n) is 2.77. The summed E-state index contributed by atoms with van der Waals surface area (Å²) in [6.07, 6.45) is 1.10. The topological polar surface area (TPSA) is 82.7 Å². The van der Waals surface area contributed by atoms with Crippen molar-refractivity contribution < 1.29 is 19.3 Å². The van der Waals surface area contributed by atoms with Gasteiger partial charge in [0.1, 0.15) is 11.3 Å². The van der Waals surface area contributed by atoms with Crippen molar-refractivity contribution in [3.8, 4) is 0 Å². The summed E-state index contributed by atoms with van der Waals surface area (Å²) >= 11 is 0. The minimum atomic E-state index is -1.66. The number of fused-ring (bicyclic) bond motifs is 1. The maximum atomic E-state index is 12.1. The van der Waals surface area contributed by atoms with Gasteiger partial charge in [0.2, 0.25) is 5.91 Å². The van der Waals surface area contributed by atoms with Crippen LogP contribution in [-0.2, 0) is 17.6 Å². The minimum absolute atomic E-state index is 0.212. The van der Waals surface area contributed by atoms with Crippen LogP contribution in [0.15, 0.2) is 65.1 Å². The van der Waals surface area contributed by atoms with Gasteiger partial charge in [-0.25, -0.2) is 0 Å². The Kier molecular flexibility index (Phi) is 5.53. The fourth-order valence-corrected chi connectivity index (χ4v) is 2.77. The first-order valence-electron chi connectivity index (χ1n) is 8.29. The van der Waals surface area contributed by atoms with Crippen molar-refractivity contribution in [2.75, 3.05) is 0 Å². The molecule has 0 bridgehead atoms. The number of carbonyl (C=O) groups is 1. The van der Waals surface area contributed by atoms with E-state index in [4.69, 9.17) is 4.42 Å². The Balaban J connectivity index is 1.59. The molecule has 0 spiro atoms. The maximum absolute atomic E-state index is 12.1. The van der Waals surface area contributed by atoms with Gasteiger partial charge in [0.05, 0.1) is 5.94 Å². The van der Waals surface area contributed by atoms with Gasteiger partial charge in [-0.05, 0) is 24.1 Å². The van der Waals surface area contributed by atoms with Crippen LogP contribution in [0.5, 0.6) is 0 Å². The number of aryl methyl sites for hydroxylation is 1. The number of hydrogen-bond donors (Lipinski definition) is 3. The van der Waals surface area contributed by atoms with E-state index in [0.717, 1.165) is 16.5 Å². The molecule has 0 saturated heterocycles. The third-order valence-electron chi connectivity index (χ3n) is 4.09. The molecule has 1 amide bonds. The number of rotatable bonds is 7. The zero-order valence-electron chi connectivity index (χ0n) is 13.8. The second-order valence-electron chi connectivity index (χ2n) is 6.03. The molecule has 0 fully saturated rings. The lowest BCUT2D eigenvalue weighted by Gasteiger charge is -2.16. The van der Waals surface area contributed by atoms with Crippen LogP contribution >= 0.6 is 0 Å². The zero-order chi connectivity index (χ0) is 17.6. The molecule has 6 heteroatoms. The molecule has 1 heterocycles. The second-order valence-corrected chi connectivity index (χ2v) is 6.03. The van der Waals surface area contributed by atoms with Gasteiger partial charge in [0.25, 0.3) is 0 Å². The first kappa shape index (κ1) is 17.3. The van der Waals surface area contributed by atoms with Gasteiger partial charge in [-0.3, -0.25) is 4.79 Å². The van der Waals surface area contributed by atoms with Crippen LogP contribution in [0.4, 0.5) is 0 Å². The first-order chi connectivity index (χ1) is 12.1. The van der Waals surface area contributed by atoms with Gasteiger partial charge in [-0.15, -0.1) is 0 Å². The predicted molar refractivity (Wildman–Crippen MR) is 96.8 cm³/mol. The van der Waals surface area contributed by atoms with Gasteiger partial charge in [0, 0.05) is 18.2 Å². The largest absolute Gasteiger partial charge is 0.475 e. The van der Waals surface area contributed by atoms with Crippen LogP contribution in [0.2, 0.25) is 0 Å². The van der Waals surface area contributed by atoms with E-state index in [0.29, 0.717) is 12.2 Å². The third kappa shape index (κ3) is 4.72. The highest BCUT2D eigenvalue weighted by Gasteiger charge is 2.26. The number of carbonyl (C=O) groups excluding carboxylic acids is 1. The van der Waals surface area contributed by atoms with E-state index in [9.17, 15) is 14.8 Å². The average Bonchev–Trinajstić information content (AvgIpc) is 3.02. The standard InChI is InChI=1S/C19H20BNO4/c22-19(11-10-14-6-2-1-3-7-14)21-18(20(23)24)13-16-12-15-8-4-5-9-17(15)25-16/h1-9,12,18,23-24H,10-11,13H2,(H,21,22). The van der Waals surface area contributed by atoms with Crippen LogP contribution in [0.25, 0.3) is 11.0 Å². The summed E-state index contributed by atoms with van der Waals surface area (Å²) in [7, 11) is -1.66. The summed E-state index contributed by atoms with van der Waals surface area (Å²) in [6, 6.07) is 19.1. The van der Waals surface area contributed by atoms with E-state index in [2.05, 4.69) is 5.32 Å². The molecule has 3 rings (SSSR count). The molecular formula is C19H20BNO4. The van der Waals surface area contributed by atoms with Gasteiger partial charge in [-0.1, -0.05) is 48.5 Å². The van der Waals surface area contributed by atoms with E-state index in [1.165, 1.54) is 0 Å². The van der Waals surface area contributed by atoms with E-state index in [-0.39, 0.29) is 18.7 Å². The Morgan fingerprint density at radius 2 is 1.80 bits per heavy atom. The van der Waals surface area contributed by atoms with Crippen molar-refractivity contribution in [2.24, 2.45) is 0 Å². The molecule has 3 N–H and O–H groups in total. The number of amides is 1. The second kappa shape index (κ2) is 8.01. The van der Waals surface area contributed by atoms with Crippen LogP contribution < -0.4 is 5.32 Å². The Hall–Kier alpha value is -2.57. The van der Waals surface area contributed by atoms with Crippen LogP contribution in [-0.4, -0.2) is 29.0 Å². The molecular weight excluding hydrogens is 317 g/mol. The van der Waals surface area contributed by atoms with Gasteiger partial charge in [-0.2, -0.15) is 0 Å². The lowest BCUT2D eigenvalue weighted by Crippen LogP contribution is -2.47. The molecule has 1 atom stereocenters. The van der Waals surface area contributed by atoms with Crippen molar-refractivity contribution in [2.45, 2.75) is 25.2 Å². The SMILES string of the molecule is O=C(CCc1ccccc1)NC(Cc1cc2ccccc2o1)B(O)O. The van der Waals surface area contributed by atoms with Crippen LogP contribution in [0.1, 0.15) is 17.7 Å². The lowest BCUT2D eigenvalue weighted by molar-refractivity contribution is -0.121. The normalized spacial score (nSPS) is 12.1. The first-order valence-corrected chi connectivity index (χ1v) is 8.29. The number of hydrogen-bond acceptors (Lipinski definition) is 4. The van der Waals surface area contributed by atoms with Gasteiger partial charge in [0.15, 0.2) is 0 Å². The number of para-hydroxylation sites is 1. The summed E-state index contributed by atoms with van der Waals surface area (Å²) < 4.78 is 5.69. The number of furan rings is 1. The molecule has 0 aliphatic rings. The van der Waals surface area contributed by atoms with E-state index in [1.54, 1.807) is 0 Å². The van der Waals surface area contributed by atoms with Crippen LogP contribution in [0.3, 0.4) is 0 Å². The van der Waals surface area contributed by atoms with Gasteiger partial charge < -0.3 is 19.8 Å². The minimum Gasteiger partial charge on any atom is -0.461 e. The summed E-state index contributed by atoms with van der Waals surface area (Å²) in [4.78, 5) is 12.1. The van der Waals surface area contributed by atoms with Crippen molar-refractivity contribution in [3.63, 3.8) is 0 Å². The third-order valence-corrected chi connectivity index (χ3v) is 4.09. The molecule has 1 unspecified atom stereocenters. The molecule has 5 nitrogen and oxygen atoms in total. The quantitative estimate of drug-likeness (QED) is 0.577. The molecule has 128 valence electrons. The summed E-state index contributed by atoms with van der Waals surface area (Å²) in [5, 5.41) is 22.8. The molecule has 0 aliphatic heterocycles. The van der Waals surface area contributed by atoms with Gasteiger partial charge >= 0.3 is 7.12 Å². The monoisotopic (exact) mass is 337 g/mol. The maximum Gasteiger partial charge on any atom is 0.475 e. The molecule has 3 aromatic rings. The Bertz CT molecular complexity index is 799. The molecule has 25 heavy (non-hydrogen) atoms. The van der Waals surface area contributed by atoms with E-state index >= 15 is 0 Å². The Morgan fingerprint density at radius 3 is 2.52 bits per heavy atom. The van der Waals surface area contributed by atoms with E-state index < -0.39 is 13.1 Å². The summed E-state index contributed by atoms with van der Waals surface area (Å²) in [6.45, 7) is 0. The Morgan fingerprint density at radius 1 is 1.08 bits per heavy atom. The summed E-state index contributed by atoms with van der Waals surface area (Å²) in [5.74, 6) is -0.440. The molecule has 0 radical (unpaired) electrons. The van der Waals surface area contributed by atoms with E-state index in [1.807, 2.05) is 60.7 Å². The number of nitrogens with one attached hydrogen (secondary N) is 1. The summed E-state index contributed by atoms with van der Waals surface area (Å²) in [5.41, 5.74) is 1.80. The highest BCUT2D eigenvalue weighted by molar-refractivity contribution is 6.43. The van der Waals surface area contributed by atoms with Crippen molar-refractivity contribution in [3.05, 3.63) is 72.0 Å².